The molecule has 0 saturated carbocycles. The Kier molecular flexibility index (Phi) is 2.79. The lowest BCUT2D eigenvalue weighted by atomic mass is 10.2. The number of anilines is 1. The second-order valence-electron chi connectivity index (χ2n) is 3.86. The molecule has 7 nitrogen and oxygen atoms in total. The summed E-state index contributed by atoms with van der Waals surface area (Å²) in [7, 11) is 1.47. The molecule has 0 unspecified atom stereocenters. The first-order valence-corrected chi connectivity index (χ1v) is 5.72. The molecule has 1 aliphatic heterocycles. The molecule has 0 fully saturated rings. The molecule has 98 valence electrons. The number of fused-ring (bicyclic) bond motifs is 1. The van der Waals surface area contributed by atoms with Crippen LogP contribution in [0.4, 0.5) is 5.95 Å². The molecule has 0 amide bonds. The smallest absolute Gasteiger partial charge is 0.321 e. The molecule has 7 heteroatoms. The highest BCUT2D eigenvalue weighted by atomic mass is 16.6. The van der Waals surface area contributed by atoms with Crippen molar-refractivity contribution in [1.29, 1.82) is 0 Å². The Balaban J connectivity index is 2.04. The molecule has 0 radical (unpaired) electrons. The maximum atomic E-state index is 5.61. The molecule has 0 atom stereocenters. The van der Waals surface area contributed by atoms with Crippen molar-refractivity contribution in [2.75, 3.05) is 26.1 Å². The molecule has 0 spiro atoms. The number of ether oxygens (including phenoxy) is 3. The normalized spacial score (nSPS) is 13.1. The summed E-state index contributed by atoms with van der Waals surface area (Å²) in [5.74, 6) is 1.92. The van der Waals surface area contributed by atoms with Crippen molar-refractivity contribution in [3.8, 4) is 28.9 Å². The van der Waals surface area contributed by atoms with Gasteiger partial charge in [0.2, 0.25) is 5.95 Å². The average Bonchev–Trinajstić information content (AvgIpc) is 2.46. The number of rotatable bonds is 2. The second kappa shape index (κ2) is 4.60. The Labute approximate surface area is 109 Å². The number of aromatic nitrogens is 3. The van der Waals surface area contributed by atoms with E-state index in [4.69, 9.17) is 19.9 Å². The van der Waals surface area contributed by atoms with Crippen LogP contribution in [0.15, 0.2) is 18.2 Å². The van der Waals surface area contributed by atoms with Crippen LogP contribution < -0.4 is 19.9 Å². The molecule has 2 N–H and O–H groups in total. The van der Waals surface area contributed by atoms with Crippen LogP contribution in [0.2, 0.25) is 0 Å². The average molecular weight is 260 g/mol. The summed E-state index contributed by atoms with van der Waals surface area (Å²) >= 11 is 0. The van der Waals surface area contributed by atoms with Crippen molar-refractivity contribution in [2.45, 2.75) is 0 Å². The van der Waals surface area contributed by atoms with Gasteiger partial charge in [0, 0.05) is 5.56 Å². The van der Waals surface area contributed by atoms with Crippen molar-refractivity contribution in [3.63, 3.8) is 0 Å². The van der Waals surface area contributed by atoms with Gasteiger partial charge in [0.1, 0.15) is 13.2 Å². The van der Waals surface area contributed by atoms with Gasteiger partial charge in [0.15, 0.2) is 17.3 Å². The van der Waals surface area contributed by atoms with Crippen molar-refractivity contribution in [1.82, 2.24) is 15.0 Å². The van der Waals surface area contributed by atoms with Gasteiger partial charge in [-0.05, 0) is 18.2 Å². The Morgan fingerprint density at radius 3 is 2.68 bits per heavy atom. The van der Waals surface area contributed by atoms with Crippen molar-refractivity contribution >= 4 is 5.95 Å². The lowest BCUT2D eigenvalue weighted by molar-refractivity contribution is 0.171. The molecule has 2 heterocycles. The zero-order valence-electron chi connectivity index (χ0n) is 10.3. The van der Waals surface area contributed by atoms with Crippen LogP contribution in [0, 0.1) is 0 Å². The van der Waals surface area contributed by atoms with Crippen LogP contribution in [0.1, 0.15) is 0 Å². The molecule has 19 heavy (non-hydrogen) atoms. The Morgan fingerprint density at radius 1 is 1.11 bits per heavy atom. The molecule has 0 bridgehead atoms. The van der Waals surface area contributed by atoms with E-state index in [0.29, 0.717) is 30.5 Å². The van der Waals surface area contributed by atoms with E-state index < -0.39 is 0 Å². The number of methoxy groups -OCH3 is 1. The van der Waals surface area contributed by atoms with Gasteiger partial charge in [0.25, 0.3) is 0 Å². The van der Waals surface area contributed by atoms with E-state index in [1.165, 1.54) is 7.11 Å². The number of benzene rings is 1. The summed E-state index contributed by atoms with van der Waals surface area (Å²) in [5.41, 5.74) is 6.37. The van der Waals surface area contributed by atoms with Gasteiger partial charge in [-0.15, -0.1) is 0 Å². The zero-order valence-corrected chi connectivity index (χ0v) is 10.3. The molecule has 1 aliphatic rings. The number of hydrogen-bond donors (Lipinski definition) is 1. The topological polar surface area (TPSA) is 92.4 Å². The van der Waals surface area contributed by atoms with Gasteiger partial charge in [-0.25, -0.2) is 0 Å². The van der Waals surface area contributed by atoms with E-state index in [1.807, 2.05) is 18.2 Å². The predicted molar refractivity (Wildman–Crippen MR) is 67.2 cm³/mol. The highest BCUT2D eigenvalue weighted by molar-refractivity contribution is 5.62. The predicted octanol–water partition coefficient (Wildman–Crippen LogP) is 0.901. The van der Waals surface area contributed by atoms with Gasteiger partial charge in [-0.3, -0.25) is 0 Å². The third-order valence-corrected chi connectivity index (χ3v) is 2.62. The van der Waals surface area contributed by atoms with Crippen LogP contribution in [0.5, 0.6) is 17.5 Å². The number of hydrogen-bond acceptors (Lipinski definition) is 7. The highest BCUT2D eigenvalue weighted by Crippen LogP contribution is 2.33. The third kappa shape index (κ3) is 2.22. The summed E-state index contributed by atoms with van der Waals surface area (Å²) in [6.07, 6.45) is 0. The maximum absolute atomic E-state index is 5.61. The number of nitrogen functional groups attached to an aromatic ring is 1. The van der Waals surface area contributed by atoms with E-state index in [2.05, 4.69) is 15.0 Å². The van der Waals surface area contributed by atoms with Gasteiger partial charge in [-0.2, -0.15) is 15.0 Å². The van der Waals surface area contributed by atoms with E-state index >= 15 is 0 Å². The largest absolute Gasteiger partial charge is 0.486 e. The van der Waals surface area contributed by atoms with Gasteiger partial charge < -0.3 is 19.9 Å². The summed E-state index contributed by atoms with van der Waals surface area (Å²) in [6.45, 7) is 1.08. The summed E-state index contributed by atoms with van der Waals surface area (Å²) in [4.78, 5) is 12.1. The lowest BCUT2D eigenvalue weighted by Gasteiger charge is -2.18. The minimum atomic E-state index is 0.108. The van der Waals surface area contributed by atoms with Crippen molar-refractivity contribution in [2.24, 2.45) is 0 Å². The lowest BCUT2D eigenvalue weighted by Crippen LogP contribution is -2.15. The van der Waals surface area contributed by atoms with Crippen LogP contribution in [-0.4, -0.2) is 35.3 Å². The van der Waals surface area contributed by atoms with Gasteiger partial charge in [-0.1, -0.05) is 0 Å². The van der Waals surface area contributed by atoms with E-state index in [9.17, 15) is 0 Å². The monoisotopic (exact) mass is 260 g/mol. The quantitative estimate of drug-likeness (QED) is 0.857. The van der Waals surface area contributed by atoms with Crippen LogP contribution in [-0.2, 0) is 0 Å². The molecule has 2 aromatic rings. The number of nitrogens with two attached hydrogens (primary N) is 1. The molecule has 0 saturated heterocycles. The molecular formula is C12H12N4O3. The first-order valence-electron chi connectivity index (χ1n) is 5.72. The van der Waals surface area contributed by atoms with Crippen LogP contribution in [0.3, 0.4) is 0 Å². The minimum absolute atomic E-state index is 0.108. The second-order valence-corrected chi connectivity index (χ2v) is 3.86. The highest BCUT2D eigenvalue weighted by Gasteiger charge is 2.14. The summed E-state index contributed by atoms with van der Waals surface area (Å²) in [6, 6.07) is 5.64. The number of nitrogens with zero attached hydrogens (tertiary/aromatic N) is 3. The van der Waals surface area contributed by atoms with Crippen molar-refractivity contribution < 1.29 is 14.2 Å². The van der Waals surface area contributed by atoms with Crippen LogP contribution >= 0.6 is 0 Å². The summed E-state index contributed by atoms with van der Waals surface area (Å²) in [5, 5.41) is 0. The first-order chi connectivity index (χ1) is 9.26. The standard InChI is InChI=1S/C12H12N4O3/c1-17-12-15-10(14-11(13)16-12)7-2-3-8-9(6-7)19-5-4-18-8/h2-3,6H,4-5H2,1H3,(H2,13,14,15,16). The molecule has 1 aromatic carbocycles. The Hall–Kier alpha value is -2.57. The Morgan fingerprint density at radius 2 is 1.89 bits per heavy atom. The fourth-order valence-electron chi connectivity index (χ4n) is 1.77. The Bertz CT molecular complexity index is 618. The van der Waals surface area contributed by atoms with Crippen LogP contribution in [0.25, 0.3) is 11.4 Å². The van der Waals surface area contributed by atoms with Crippen molar-refractivity contribution in [3.05, 3.63) is 18.2 Å². The molecule has 1 aromatic heterocycles. The summed E-state index contributed by atoms with van der Waals surface area (Å²) < 4.78 is 15.9. The molecular weight excluding hydrogens is 248 g/mol. The fourth-order valence-corrected chi connectivity index (χ4v) is 1.77. The fraction of sp³-hybridized carbons (Fsp3) is 0.250. The first kappa shape index (κ1) is 11.5. The zero-order chi connectivity index (χ0) is 13.2. The van der Waals surface area contributed by atoms with Gasteiger partial charge in [0.05, 0.1) is 7.11 Å². The van der Waals surface area contributed by atoms with Gasteiger partial charge >= 0.3 is 6.01 Å². The maximum Gasteiger partial charge on any atom is 0.321 e. The van der Waals surface area contributed by atoms with E-state index in [-0.39, 0.29) is 12.0 Å². The SMILES string of the molecule is COc1nc(N)nc(-c2ccc3c(c2)OCCO3)n1. The van der Waals surface area contributed by atoms with E-state index in [1.54, 1.807) is 0 Å². The molecule has 3 rings (SSSR count). The minimum Gasteiger partial charge on any atom is -0.486 e. The third-order valence-electron chi connectivity index (χ3n) is 2.62. The molecule has 0 aliphatic carbocycles. The van der Waals surface area contributed by atoms with E-state index in [0.717, 1.165) is 5.56 Å².